The van der Waals surface area contributed by atoms with Crippen LogP contribution in [0.2, 0.25) is 0 Å². The Hall–Kier alpha value is -2.11. The van der Waals surface area contributed by atoms with Gasteiger partial charge in [0.15, 0.2) is 0 Å². The van der Waals surface area contributed by atoms with Crippen molar-refractivity contribution < 1.29 is 9.59 Å². The van der Waals surface area contributed by atoms with Crippen LogP contribution in [0.15, 0.2) is 18.5 Å². The van der Waals surface area contributed by atoms with Crippen molar-refractivity contribution >= 4 is 17.5 Å². The normalized spacial score (nSPS) is 15.0. The van der Waals surface area contributed by atoms with E-state index >= 15 is 0 Å². The fourth-order valence-electron chi connectivity index (χ4n) is 2.43. The van der Waals surface area contributed by atoms with Gasteiger partial charge in [0.05, 0.1) is 11.3 Å². The number of nitrogens with zero attached hydrogens (tertiary/aromatic N) is 1. The number of carbonyl (C=O) groups excluding carboxylic acids is 2. The predicted molar refractivity (Wildman–Crippen MR) is 76.3 cm³/mol. The number of carbonyl (C=O) groups is 2. The molecule has 0 aromatic carbocycles. The summed E-state index contributed by atoms with van der Waals surface area (Å²) in [5.41, 5.74) is 6.21. The van der Waals surface area contributed by atoms with Crippen LogP contribution >= 0.6 is 0 Å². The topological polar surface area (TPSA) is 97.1 Å². The molecule has 0 aliphatic heterocycles. The maximum absolute atomic E-state index is 11.8. The molecule has 0 unspecified atom stereocenters. The van der Waals surface area contributed by atoms with E-state index in [1.54, 1.807) is 12.3 Å². The molecular formula is C14H20N4O2. The van der Waals surface area contributed by atoms with Crippen molar-refractivity contribution in [1.82, 2.24) is 10.3 Å². The van der Waals surface area contributed by atoms with Crippen LogP contribution in [0.4, 0.5) is 5.69 Å². The molecular weight excluding hydrogens is 256 g/mol. The highest BCUT2D eigenvalue weighted by atomic mass is 16.2. The number of hydrogen-bond donors (Lipinski definition) is 3. The van der Waals surface area contributed by atoms with Crippen LogP contribution in [0, 0.1) is 0 Å². The molecule has 0 saturated heterocycles. The van der Waals surface area contributed by atoms with Gasteiger partial charge in [0.2, 0.25) is 5.91 Å². The third kappa shape index (κ3) is 3.94. The number of nitrogens with one attached hydrogen (secondary N) is 2. The summed E-state index contributed by atoms with van der Waals surface area (Å²) in [4.78, 5) is 26.8. The van der Waals surface area contributed by atoms with Gasteiger partial charge in [0.25, 0.3) is 5.91 Å². The molecule has 1 aliphatic carbocycles. The molecule has 0 atom stereocenters. The zero-order valence-corrected chi connectivity index (χ0v) is 11.4. The Morgan fingerprint density at radius 2 is 2.10 bits per heavy atom. The maximum atomic E-state index is 11.8. The van der Waals surface area contributed by atoms with E-state index in [1.165, 1.54) is 19.0 Å². The van der Waals surface area contributed by atoms with E-state index in [2.05, 4.69) is 15.6 Å². The Morgan fingerprint density at radius 1 is 1.35 bits per heavy atom. The number of aromatic nitrogens is 1. The standard InChI is InChI=1S/C14H20N4O2/c15-14(20)11-9-16-7-5-12(11)17-8-6-13(19)18-10-3-1-2-4-10/h5,7,9-10H,1-4,6,8H2,(H2,15,20)(H,16,17)(H,18,19). The van der Waals surface area contributed by atoms with E-state index in [4.69, 9.17) is 5.73 Å². The molecule has 2 amide bonds. The van der Waals surface area contributed by atoms with Crippen LogP contribution in [0.3, 0.4) is 0 Å². The second kappa shape index (κ2) is 6.88. The van der Waals surface area contributed by atoms with Crippen molar-refractivity contribution in [2.24, 2.45) is 5.73 Å². The lowest BCUT2D eigenvalue weighted by atomic mass is 10.2. The van der Waals surface area contributed by atoms with Gasteiger partial charge in [-0.1, -0.05) is 12.8 Å². The highest BCUT2D eigenvalue weighted by Crippen LogP contribution is 2.17. The third-order valence-electron chi connectivity index (χ3n) is 3.47. The van der Waals surface area contributed by atoms with Crippen LogP contribution < -0.4 is 16.4 Å². The molecule has 20 heavy (non-hydrogen) atoms. The summed E-state index contributed by atoms with van der Waals surface area (Å²) in [6.07, 6.45) is 7.92. The van der Waals surface area contributed by atoms with Crippen molar-refractivity contribution in [2.45, 2.75) is 38.1 Å². The van der Waals surface area contributed by atoms with Gasteiger partial charge in [-0.3, -0.25) is 14.6 Å². The molecule has 1 aromatic heterocycles. The Kier molecular flexibility index (Phi) is 4.92. The van der Waals surface area contributed by atoms with E-state index < -0.39 is 5.91 Å². The molecule has 1 heterocycles. The molecule has 1 fully saturated rings. The smallest absolute Gasteiger partial charge is 0.252 e. The van der Waals surface area contributed by atoms with Gasteiger partial charge in [-0.15, -0.1) is 0 Å². The first-order valence-electron chi connectivity index (χ1n) is 6.94. The van der Waals surface area contributed by atoms with E-state index in [9.17, 15) is 9.59 Å². The maximum Gasteiger partial charge on any atom is 0.252 e. The van der Waals surface area contributed by atoms with Gasteiger partial charge in [0.1, 0.15) is 0 Å². The Bertz CT molecular complexity index is 484. The fraction of sp³-hybridized carbons (Fsp3) is 0.500. The average Bonchev–Trinajstić information content (AvgIpc) is 2.92. The summed E-state index contributed by atoms with van der Waals surface area (Å²) in [5, 5.41) is 6.07. The molecule has 0 bridgehead atoms. The van der Waals surface area contributed by atoms with Crippen LogP contribution in [-0.2, 0) is 4.79 Å². The van der Waals surface area contributed by atoms with Crippen molar-refractivity contribution in [1.29, 1.82) is 0 Å². The van der Waals surface area contributed by atoms with Gasteiger partial charge in [-0.25, -0.2) is 0 Å². The first-order valence-corrected chi connectivity index (χ1v) is 6.94. The quantitative estimate of drug-likeness (QED) is 0.723. The monoisotopic (exact) mass is 276 g/mol. The van der Waals surface area contributed by atoms with Gasteiger partial charge in [-0.2, -0.15) is 0 Å². The molecule has 0 spiro atoms. The lowest BCUT2D eigenvalue weighted by Gasteiger charge is -2.13. The first kappa shape index (κ1) is 14.3. The summed E-state index contributed by atoms with van der Waals surface area (Å²) in [6.45, 7) is 0.461. The van der Waals surface area contributed by atoms with Crippen molar-refractivity contribution in [3.05, 3.63) is 24.0 Å². The molecule has 1 saturated carbocycles. The fourth-order valence-corrected chi connectivity index (χ4v) is 2.43. The molecule has 0 radical (unpaired) electrons. The van der Waals surface area contributed by atoms with E-state index in [0.29, 0.717) is 30.3 Å². The second-order valence-corrected chi connectivity index (χ2v) is 5.01. The number of rotatable bonds is 6. The first-order chi connectivity index (χ1) is 9.66. The predicted octanol–water partition coefficient (Wildman–Crippen LogP) is 1.04. The summed E-state index contributed by atoms with van der Waals surface area (Å²) in [6, 6.07) is 2.01. The van der Waals surface area contributed by atoms with E-state index in [-0.39, 0.29) is 5.91 Å². The molecule has 2 rings (SSSR count). The average molecular weight is 276 g/mol. The largest absolute Gasteiger partial charge is 0.384 e. The van der Waals surface area contributed by atoms with Crippen molar-refractivity contribution in [3.63, 3.8) is 0 Å². The zero-order chi connectivity index (χ0) is 14.4. The minimum Gasteiger partial charge on any atom is -0.384 e. The van der Waals surface area contributed by atoms with Gasteiger partial charge < -0.3 is 16.4 Å². The number of anilines is 1. The summed E-state index contributed by atoms with van der Waals surface area (Å²) >= 11 is 0. The lowest BCUT2D eigenvalue weighted by Crippen LogP contribution is -2.33. The van der Waals surface area contributed by atoms with Gasteiger partial charge in [-0.05, 0) is 18.9 Å². The van der Waals surface area contributed by atoms with Crippen molar-refractivity contribution in [3.8, 4) is 0 Å². The highest BCUT2D eigenvalue weighted by Gasteiger charge is 2.16. The van der Waals surface area contributed by atoms with Crippen LogP contribution in [0.1, 0.15) is 42.5 Å². The minimum absolute atomic E-state index is 0.0408. The molecule has 1 aromatic rings. The SMILES string of the molecule is NC(=O)c1cnccc1NCCC(=O)NC1CCCC1. The third-order valence-corrected chi connectivity index (χ3v) is 3.47. The van der Waals surface area contributed by atoms with Gasteiger partial charge in [0, 0.05) is 31.4 Å². The summed E-state index contributed by atoms with van der Waals surface area (Å²) in [7, 11) is 0. The van der Waals surface area contributed by atoms with Crippen molar-refractivity contribution in [2.75, 3.05) is 11.9 Å². The molecule has 108 valence electrons. The molecule has 1 aliphatic rings. The summed E-state index contributed by atoms with van der Waals surface area (Å²) in [5.74, 6) is -0.491. The summed E-state index contributed by atoms with van der Waals surface area (Å²) < 4.78 is 0. The molecule has 6 heteroatoms. The number of nitrogens with two attached hydrogens (primary N) is 1. The number of primary amides is 1. The number of hydrogen-bond acceptors (Lipinski definition) is 4. The lowest BCUT2D eigenvalue weighted by molar-refractivity contribution is -0.121. The van der Waals surface area contributed by atoms with E-state index in [1.807, 2.05) is 0 Å². The van der Waals surface area contributed by atoms with E-state index in [0.717, 1.165) is 12.8 Å². The molecule has 6 nitrogen and oxygen atoms in total. The number of amides is 2. The van der Waals surface area contributed by atoms with Crippen LogP contribution in [0.5, 0.6) is 0 Å². The Labute approximate surface area is 118 Å². The Morgan fingerprint density at radius 3 is 2.80 bits per heavy atom. The zero-order valence-electron chi connectivity index (χ0n) is 11.4. The highest BCUT2D eigenvalue weighted by molar-refractivity contribution is 5.98. The Balaban J connectivity index is 1.78. The van der Waals surface area contributed by atoms with Crippen LogP contribution in [0.25, 0.3) is 0 Å². The minimum atomic E-state index is -0.531. The van der Waals surface area contributed by atoms with Crippen LogP contribution in [-0.4, -0.2) is 29.4 Å². The van der Waals surface area contributed by atoms with Gasteiger partial charge >= 0.3 is 0 Å². The molecule has 4 N–H and O–H groups in total. The second-order valence-electron chi connectivity index (χ2n) is 5.01. The number of pyridine rings is 1.